The average Bonchev–Trinajstić information content (AvgIpc) is 3.66. The first-order valence-corrected chi connectivity index (χ1v) is 13.8. The van der Waals surface area contributed by atoms with Gasteiger partial charge in [0.2, 0.25) is 0 Å². The van der Waals surface area contributed by atoms with Crippen molar-refractivity contribution in [3.63, 3.8) is 0 Å². The summed E-state index contributed by atoms with van der Waals surface area (Å²) in [6, 6.07) is 3.56. The highest BCUT2D eigenvalue weighted by atomic mass is 16.5. The predicted octanol–water partition coefficient (Wildman–Crippen LogP) is 1.98. The van der Waals surface area contributed by atoms with Crippen LogP contribution in [0.25, 0.3) is 12.2 Å². The second kappa shape index (κ2) is 9.50. The van der Waals surface area contributed by atoms with E-state index in [-0.39, 0.29) is 30.1 Å². The first-order valence-electron chi connectivity index (χ1n) is 13.8. The van der Waals surface area contributed by atoms with Crippen LogP contribution in [0.3, 0.4) is 0 Å². The molecule has 2 unspecified atom stereocenters. The normalized spacial score (nSPS) is 28.6. The van der Waals surface area contributed by atoms with E-state index in [9.17, 15) is 19.5 Å². The van der Waals surface area contributed by atoms with E-state index >= 15 is 0 Å². The van der Waals surface area contributed by atoms with Gasteiger partial charge in [0.25, 0.3) is 0 Å². The van der Waals surface area contributed by atoms with Crippen molar-refractivity contribution in [1.29, 1.82) is 0 Å². The number of methoxy groups -OCH3 is 1. The van der Waals surface area contributed by atoms with Crippen LogP contribution in [-0.4, -0.2) is 57.7 Å². The SMILES string of the molecule is COC(=O)[C@@H]1C(=O)C2=C(C)C3Cc4cc(C)c([nH]4)/C=c4/cc(C)/c([nH]4)=C/C4=NC(C1=C2N3)[C@@H](CCC(=O)O)[C@H]4C. The molecular formula is C31H34N4O5. The number of carbonyl (C=O) groups is 3. The van der Waals surface area contributed by atoms with E-state index in [1.54, 1.807) is 0 Å². The van der Waals surface area contributed by atoms with Crippen molar-refractivity contribution in [3.8, 4) is 0 Å². The Morgan fingerprint density at radius 1 is 1.12 bits per heavy atom. The van der Waals surface area contributed by atoms with Crippen molar-refractivity contribution < 1.29 is 24.2 Å². The van der Waals surface area contributed by atoms with E-state index in [1.165, 1.54) is 7.11 Å². The number of rotatable bonds is 4. The number of ketones is 1. The zero-order valence-electron chi connectivity index (χ0n) is 23.3. The Morgan fingerprint density at radius 3 is 2.62 bits per heavy atom. The number of aliphatic carboxylic acids is 1. The van der Waals surface area contributed by atoms with Crippen LogP contribution in [0, 0.1) is 31.6 Å². The number of H-pyrrole nitrogens is 2. The van der Waals surface area contributed by atoms with Gasteiger partial charge in [0.15, 0.2) is 5.78 Å². The van der Waals surface area contributed by atoms with Crippen molar-refractivity contribution in [1.82, 2.24) is 15.3 Å². The summed E-state index contributed by atoms with van der Waals surface area (Å²) < 4.78 is 5.12. The fourth-order valence-electron chi connectivity index (χ4n) is 6.87. The first kappa shape index (κ1) is 26.1. The number of hydrogen-bond acceptors (Lipinski definition) is 6. The molecule has 0 amide bonds. The summed E-state index contributed by atoms with van der Waals surface area (Å²) in [5.41, 5.74) is 7.74. The molecule has 208 valence electrons. The van der Waals surface area contributed by atoms with Crippen molar-refractivity contribution in [2.75, 3.05) is 7.11 Å². The third kappa shape index (κ3) is 4.06. The number of fused-ring (bicyclic) bond motifs is 7. The molecule has 5 heterocycles. The number of ether oxygens (including phenoxy) is 1. The van der Waals surface area contributed by atoms with E-state index in [0.717, 1.165) is 44.5 Å². The van der Waals surface area contributed by atoms with Crippen LogP contribution < -0.4 is 16.0 Å². The summed E-state index contributed by atoms with van der Waals surface area (Å²) in [7, 11) is 1.29. The molecule has 6 rings (SSSR count). The van der Waals surface area contributed by atoms with Crippen LogP contribution in [-0.2, 0) is 25.5 Å². The third-order valence-electron chi connectivity index (χ3n) is 9.05. The standard InChI is InChI=1S/C31H34N4O5/c1-13-8-18-11-22-16(4)25-29(35-22)26(27(30(25)38)31(39)40-5)28-19(6-7-24(36)37)15(3)23(34-28)12-21-14(2)9-17(33-21)10-20(13)32-18/h8-10,12,15,19,22,27-28,32-33,35H,6-7,11H2,1-5H3,(H,36,37)/b17-10-,21-12-/t15-,19+,22?,27+,28?/m1/s1. The van der Waals surface area contributed by atoms with Gasteiger partial charge < -0.3 is 25.1 Å². The number of nitrogens with one attached hydrogen (secondary N) is 3. The van der Waals surface area contributed by atoms with Crippen LogP contribution in [0.4, 0.5) is 0 Å². The van der Waals surface area contributed by atoms with Gasteiger partial charge in [-0.1, -0.05) is 6.92 Å². The molecule has 9 heteroatoms. The molecule has 3 aliphatic heterocycles. The quantitative estimate of drug-likeness (QED) is 0.345. The number of aryl methyl sites for hydroxylation is 2. The summed E-state index contributed by atoms with van der Waals surface area (Å²) in [5.74, 6) is -3.16. The molecule has 8 bridgehead atoms. The number of Topliss-reactive ketones (excluding diaryl/α,β-unsaturated/α-hetero) is 1. The number of nitrogens with zero attached hydrogens (tertiary/aromatic N) is 1. The fourth-order valence-corrected chi connectivity index (χ4v) is 6.87. The summed E-state index contributed by atoms with van der Waals surface area (Å²) in [6.07, 6.45) is 5.10. The summed E-state index contributed by atoms with van der Waals surface area (Å²) in [6.45, 7) is 8.10. The minimum atomic E-state index is -1.10. The van der Waals surface area contributed by atoms with E-state index in [0.29, 0.717) is 29.7 Å². The molecule has 9 nitrogen and oxygen atoms in total. The molecule has 4 aliphatic rings. The highest BCUT2D eigenvalue weighted by molar-refractivity contribution is 6.18. The molecular weight excluding hydrogens is 508 g/mol. The number of aliphatic imine (C=N–C) groups is 1. The smallest absolute Gasteiger partial charge is 0.320 e. The minimum absolute atomic E-state index is 0.0273. The Bertz CT molecular complexity index is 1680. The molecule has 0 saturated carbocycles. The van der Waals surface area contributed by atoms with Crippen LogP contribution in [0.1, 0.15) is 49.2 Å². The molecule has 4 N–H and O–H groups in total. The molecule has 0 saturated heterocycles. The van der Waals surface area contributed by atoms with E-state index in [4.69, 9.17) is 9.73 Å². The number of allylic oxidation sites excluding steroid dienone is 1. The van der Waals surface area contributed by atoms with Gasteiger partial charge in [-0.05, 0) is 74.1 Å². The number of esters is 1. The average molecular weight is 543 g/mol. The van der Waals surface area contributed by atoms with Crippen LogP contribution >= 0.6 is 0 Å². The lowest BCUT2D eigenvalue weighted by atomic mass is 9.79. The molecule has 2 aromatic rings. The van der Waals surface area contributed by atoms with Gasteiger partial charge >= 0.3 is 11.9 Å². The van der Waals surface area contributed by atoms with Crippen molar-refractivity contribution >= 4 is 35.6 Å². The number of aromatic amines is 2. The molecule has 0 radical (unpaired) electrons. The van der Waals surface area contributed by atoms with Gasteiger partial charge in [0.1, 0.15) is 5.92 Å². The number of aromatic nitrogens is 2. The van der Waals surface area contributed by atoms with Crippen LogP contribution in [0.5, 0.6) is 0 Å². The minimum Gasteiger partial charge on any atom is -0.481 e. The number of carbonyl (C=O) groups excluding carboxylic acids is 2. The number of hydrogen-bond donors (Lipinski definition) is 4. The van der Waals surface area contributed by atoms with Crippen molar-refractivity contribution in [2.24, 2.45) is 22.7 Å². The lowest BCUT2D eigenvalue weighted by molar-refractivity contribution is -0.147. The Kier molecular flexibility index (Phi) is 6.20. The second-order valence-corrected chi connectivity index (χ2v) is 11.5. The van der Waals surface area contributed by atoms with E-state index in [2.05, 4.69) is 40.4 Å². The zero-order valence-corrected chi connectivity index (χ0v) is 23.3. The van der Waals surface area contributed by atoms with Gasteiger partial charge in [-0.25, -0.2) is 0 Å². The highest BCUT2D eigenvalue weighted by Gasteiger charge is 2.53. The van der Waals surface area contributed by atoms with Crippen molar-refractivity contribution in [3.05, 3.63) is 67.8 Å². The first-order chi connectivity index (χ1) is 19.1. The van der Waals surface area contributed by atoms with Gasteiger partial charge in [-0.15, -0.1) is 0 Å². The van der Waals surface area contributed by atoms with Gasteiger partial charge in [0, 0.05) is 63.4 Å². The Hall–Kier alpha value is -4.14. The van der Waals surface area contributed by atoms with E-state index in [1.807, 2.05) is 26.8 Å². The predicted molar refractivity (Wildman–Crippen MR) is 150 cm³/mol. The topological polar surface area (TPSA) is 137 Å². The maximum absolute atomic E-state index is 13.9. The summed E-state index contributed by atoms with van der Waals surface area (Å²) in [5, 5.41) is 15.0. The molecule has 40 heavy (non-hydrogen) atoms. The van der Waals surface area contributed by atoms with Crippen molar-refractivity contribution in [2.45, 2.75) is 59.0 Å². The summed E-state index contributed by atoms with van der Waals surface area (Å²) in [4.78, 5) is 50.8. The lowest BCUT2D eigenvalue weighted by Crippen LogP contribution is -2.34. The number of carboxylic acids is 1. The largest absolute Gasteiger partial charge is 0.481 e. The second-order valence-electron chi connectivity index (χ2n) is 11.5. The zero-order chi connectivity index (χ0) is 28.5. The molecule has 0 spiro atoms. The fraction of sp³-hybridized carbons (Fsp3) is 0.419. The Morgan fingerprint density at radius 2 is 1.90 bits per heavy atom. The van der Waals surface area contributed by atoms with Gasteiger partial charge in [-0.3, -0.25) is 19.4 Å². The molecule has 2 aromatic heterocycles. The Balaban J connectivity index is 1.60. The number of carboxylic acid groups (broad SMARTS) is 1. The molecule has 0 fully saturated rings. The molecule has 1 aliphatic carbocycles. The molecule has 0 aromatic carbocycles. The molecule has 5 atom stereocenters. The van der Waals surface area contributed by atoms with Gasteiger partial charge in [-0.2, -0.15) is 0 Å². The lowest BCUT2D eigenvalue weighted by Gasteiger charge is -2.26. The Labute approximate surface area is 231 Å². The van der Waals surface area contributed by atoms with Gasteiger partial charge in [0.05, 0.1) is 19.2 Å². The maximum Gasteiger partial charge on any atom is 0.320 e. The maximum atomic E-state index is 13.9. The summed E-state index contributed by atoms with van der Waals surface area (Å²) >= 11 is 0. The highest BCUT2D eigenvalue weighted by Crippen LogP contribution is 2.47. The van der Waals surface area contributed by atoms with Crippen LogP contribution in [0.15, 0.2) is 39.5 Å². The van der Waals surface area contributed by atoms with Crippen LogP contribution in [0.2, 0.25) is 0 Å². The third-order valence-corrected chi connectivity index (χ3v) is 9.05. The monoisotopic (exact) mass is 542 g/mol. The van der Waals surface area contributed by atoms with E-state index < -0.39 is 23.9 Å².